The standard InChI is InChI=1S/C19H18ClN3O3/c20-16-8-6-14(7-9-16)18(25)21-22-19(26)15-10-17(24)23(12-15)11-13-4-2-1-3-5-13/h1-9,15H,10-12H2,(H,21,25)(H,22,26). The van der Waals surface area contributed by atoms with Gasteiger partial charge in [0.15, 0.2) is 0 Å². The number of carbonyl (C=O) groups is 3. The summed E-state index contributed by atoms with van der Waals surface area (Å²) in [5.41, 5.74) is 6.14. The Kier molecular flexibility index (Phi) is 5.53. The summed E-state index contributed by atoms with van der Waals surface area (Å²) in [6.07, 6.45) is 0.134. The molecule has 1 atom stereocenters. The molecule has 26 heavy (non-hydrogen) atoms. The van der Waals surface area contributed by atoms with E-state index in [4.69, 9.17) is 11.6 Å². The summed E-state index contributed by atoms with van der Waals surface area (Å²) in [6, 6.07) is 15.9. The van der Waals surface area contributed by atoms with Gasteiger partial charge in [0.1, 0.15) is 0 Å². The second kappa shape index (κ2) is 8.01. The molecule has 134 valence electrons. The van der Waals surface area contributed by atoms with Crippen LogP contribution in [0.3, 0.4) is 0 Å². The van der Waals surface area contributed by atoms with Crippen molar-refractivity contribution >= 4 is 29.3 Å². The number of nitrogens with one attached hydrogen (secondary N) is 2. The van der Waals surface area contributed by atoms with E-state index in [9.17, 15) is 14.4 Å². The highest BCUT2D eigenvalue weighted by Crippen LogP contribution is 2.20. The molecular formula is C19H18ClN3O3. The van der Waals surface area contributed by atoms with E-state index in [1.165, 1.54) is 0 Å². The van der Waals surface area contributed by atoms with Crippen LogP contribution in [0.5, 0.6) is 0 Å². The summed E-state index contributed by atoms with van der Waals surface area (Å²) in [5, 5.41) is 0.522. The molecule has 1 unspecified atom stereocenters. The summed E-state index contributed by atoms with van der Waals surface area (Å²) in [4.78, 5) is 38.0. The maximum Gasteiger partial charge on any atom is 0.269 e. The average Bonchev–Trinajstić information content (AvgIpc) is 3.01. The van der Waals surface area contributed by atoms with Gasteiger partial charge in [-0.25, -0.2) is 0 Å². The van der Waals surface area contributed by atoms with Crippen LogP contribution >= 0.6 is 11.6 Å². The van der Waals surface area contributed by atoms with Crippen LogP contribution in [0.4, 0.5) is 0 Å². The Balaban J connectivity index is 1.51. The van der Waals surface area contributed by atoms with Gasteiger partial charge < -0.3 is 4.90 Å². The molecule has 0 saturated carbocycles. The largest absolute Gasteiger partial charge is 0.338 e. The Morgan fingerprint density at radius 2 is 1.73 bits per heavy atom. The minimum atomic E-state index is -0.489. The van der Waals surface area contributed by atoms with Crippen molar-refractivity contribution in [3.8, 4) is 0 Å². The van der Waals surface area contributed by atoms with E-state index in [-0.39, 0.29) is 18.2 Å². The minimum absolute atomic E-state index is 0.0713. The normalized spacial score (nSPS) is 16.4. The van der Waals surface area contributed by atoms with Crippen LogP contribution in [0.25, 0.3) is 0 Å². The van der Waals surface area contributed by atoms with Gasteiger partial charge in [0, 0.05) is 30.1 Å². The first kappa shape index (κ1) is 17.9. The van der Waals surface area contributed by atoms with Crippen molar-refractivity contribution in [3.05, 3.63) is 70.7 Å². The van der Waals surface area contributed by atoms with Gasteiger partial charge in [0.05, 0.1) is 5.92 Å². The Labute approximate surface area is 156 Å². The van der Waals surface area contributed by atoms with Crippen molar-refractivity contribution in [2.45, 2.75) is 13.0 Å². The SMILES string of the molecule is O=C(NNC(=O)C1CC(=O)N(Cc2ccccc2)C1)c1ccc(Cl)cc1. The first-order chi connectivity index (χ1) is 12.5. The number of carbonyl (C=O) groups excluding carboxylic acids is 3. The first-order valence-corrected chi connectivity index (χ1v) is 8.58. The Morgan fingerprint density at radius 3 is 2.42 bits per heavy atom. The summed E-state index contributed by atoms with van der Waals surface area (Å²) in [6.45, 7) is 0.803. The molecular weight excluding hydrogens is 354 g/mol. The molecule has 0 aromatic heterocycles. The minimum Gasteiger partial charge on any atom is -0.338 e. The molecule has 2 aromatic rings. The van der Waals surface area contributed by atoms with Gasteiger partial charge in [-0.2, -0.15) is 0 Å². The molecule has 2 N–H and O–H groups in total. The summed E-state index contributed by atoms with van der Waals surface area (Å²) < 4.78 is 0. The zero-order valence-corrected chi connectivity index (χ0v) is 14.7. The quantitative estimate of drug-likeness (QED) is 0.808. The third kappa shape index (κ3) is 4.40. The number of amides is 3. The van der Waals surface area contributed by atoms with Gasteiger partial charge in [0.2, 0.25) is 11.8 Å². The Morgan fingerprint density at radius 1 is 1.04 bits per heavy atom. The molecule has 3 amide bonds. The van der Waals surface area contributed by atoms with Crippen molar-refractivity contribution in [1.29, 1.82) is 0 Å². The van der Waals surface area contributed by atoms with Crippen LogP contribution in [0, 0.1) is 5.92 Å². The molecule has 1 aliphatic heterocycles. The van der Waals surface area contributed by atoms with Crippen molar-refractivity contribution in [3.63, 3.8) is 0 Å². The highest BCUT2D eigenvalue weighted by atomic mass is 35.5. The molecule has 0 radical (unpaired) electrons. The number of likely N-dealkylation sites (tertiary alicyclic amines) is 1. The lowest BCUT2D eigenvalue weighted by Gasteiger charge is -2.16. The van der Waals surface area contributed by atoms with Crippen molar-refractivity contribution in [2.75, 3.05) is 6.54 Å². The molecule has 0 spiro atoms. The lowest BCUT2D eigenvalue weighted by Crippen LogP contribution is -2.45. The Bertz CT molecular complexity index is 809. The van der Waals surface area contributed by atoms with E-state index in [1.54, 1.807) is 29.2 Å². The zero-order chi connectivity index (χ0) is 18.5. The number of hydrogen-bond donors (Lipinski definition) is 2. The second-order valence-electron chi connectivity index (χ2n) is 6.11. The van der Waals surface area contributed by atoms with Gasteiger partial charge in [-0.3, -0.25) is 25.2 Å². The summed E-state index contributed by atoms with van der Waals surface area (Å²) >= 11 is 5.78. The zero-order valence-electron chi connectivity index (χ0n) is 13.9. The molecule has 1 heterocycles. The van der Waals surface area contributed by atoms with Crippen LogP contribution in [0.2, 0.25) is 5.02 Å². The molecule has 1 fully saturated rings. The van der Waals surface area contributed by atoms with Crippen LogP contribution in [0.15, 0.2) is 54.6 Å². The number of halogens is 1. The number of benzene rings is 2. The molecule has 0 bridgehead atoms. The van der Waals surface area contributed by atoms with Crippen LogP contribution in [-0.2, 0) is 16.1 Å². The fraction of sp³-hybridized carbons (Fsp3) is 0.211. The maximum atomic E-state index is 12.3. The van der Waals surface area contributed by atoms with E-state index in [1.807, 2.05) is 30.3 Å². The van der Waals surface area contributed by atoms with E-state index >= 15 is 0 Å². The van der Waals surface area contributed by atoms with Gasteiger partial charge in [-0.1, -0.05) is 41.9 Å². The van der Waals surface area contributed by atoms with E-state index < -0.39 is 11.8 Å². The van der Waals surface area contributed by atoms with Gasteiger partial charge in [0.25, 0.3) is 5.91 Å². The van der Waals surface area contributed by atoms with Crippen LogP contribution < -0.4 is 10.9 Å². The van der Waals surface area contributed by atoms with Gasteiger partial charge in [-0.05, 0) is 29.8 Å². The molecule has 1 saturated heterocycles. The van der Waals surface area contributed by atoms with E-state index in [2.05, 4.69) is 10.9 Å². The predicted molar refractivity (Wildman–Crippen MR) is 97.0 cm³/mol. The third-order valence-corrected chi connectivity index (χ3v) is 4.46. The third-order valence-electron chi connectivity index (χ3n) is 4.21. The lowest BCUT2D eigenvalue weighted by molar-refractivity contribution is -0.129. The monoisotopic (exact) mass is 371 g/mol. The molecule has 7 heteroatoms. The number of nitrogens with zero attached hydrogens (tertiary/aromatic N) is 1. The fourth-order valence-corrected chi connectivity index (χ4v) is 2.92. The topological polar surface area (TPSA) is 78.5 Å². The fourth-order valence-electron chi connectivity index (χ4n) is 2.80. The molecule has 3 rings (SSSR count). The highest BCUT2D eigenvalue weighted by Gasteiger charge is 2.34. The molecule has 6 nitrogen and oxygen atoms in total. The maximum absolute atomic E-state index is 12.3. The predicted octanol–water partition coefficient (Wildman–Crippen LogP) is 2.15. The van der Waals surface area contributed by atoms with Crippen molar-refractivity contribution in [1.82, 2.24) is 15.8 Å². The first-order valence-electron chi connectivity index (χ1n) is 8.20. The lowest BCUT2D eigenvalue weighted by atomic mass is 10.1. The van der Waals surface area contributed by atoms with Gasteiger partial charge >= 0.3 is 0 Å². The molecule has 0 aliphatic carbocycles. The number of rotatable bonds is 4. The van der Waals surface area contributed by atoms with E-state index in [0.29, 0.717) is 23.7 Å². The summed E-state index contributed by atoms with van der Waals surface area (Å²) in [7, 11) is 0. The number of hydrogen-bond acceptors (Lipinski definition) is 3. The average molecular weight is 372 g/mol. The highest BCUT2D eigenvalue weighted by molar-refractivity contribution is 6.30. The van der Waals surface area contributed by atoms with Crippen LogP contribution in [-0.4, -0.2) is 29.2 Å². The second-order valence-corrected chi connectivity index (χ2v) is 6.55. The smallest absolute Gasteiger partial charge is 0.269 e. The van der Waals surface area contributed by atoms with Crippen LogP contribution in [0.1, 0.15) is 22.3 Å². The van der Waals surface area contributed by atoms with Crippen molar-refractivity contribution < 1.29 is 14.4 Å². The molecule has 2 aromatic carbocycles. The van der Waals surface area contributed by atoms with Crippen molar-refractivity contribution in [2.24, 2.45) is 5.92 Å². The Hall–Kier alpha value is -2.86. The summed E-state index contributed by atoms with van der Waals surface area (Å²) in [5.74, 6) is -1.38. The van der Waals surface area contributed by atoms with Gasteiger partial charge in [-0.15, -0.1) is 0 Å². The number of hydrazine groups is 1. The van der Waals surface area contributed by atoms with E-state index in [0.717, 1.165) is 5.56 Å². The molecule has 1 aliphatic rings.